The fourth-order valence-corrected chi connectivity index (χ4v) is 2.39. The van der Waals surface area contributed by atoms with Crippen molar-refractivity contribution >= 4 is 5.97 Å². The summed E-state index contributed by atoms with van der Waals surface area (Å²) in [5, 5.41) is 0. The second-order valence-corrected chi connectivity index (χ2v) is 4.99. The number of benzene rings is 1. The van der Waals surface area contributed by atoms with Crippen LogP contribution in [0.4, 0.5) is 0 Å². The van der Waals surface area contributed by atoms with Crippen molar-refractivity contribution in [2.45, 2.75) is 44.8 Å². The first-order chi connectivity index (χ1) is 9.78. The summed E-state index contributed by atoms with van der Waals surface area (Å²) in [7, 11) is 0. The van der Waals surface area contributed by atoms with Crippen LogP contribution in [-0.4, -0.2) is 24.8 Å². The Balaban J connectivity index is 1.77. The lowest BCUT2D eigenvalue weighted by atomic mass is 10.0. The minimum Gasteiger partial charge on any atom is -0.466 e. The van der Waals surface area contributed by atoms with Crippen molar-refractivity contribution in [3.05, 3.63) is 48.0 Å². The maximum atomic E-state index is 11.5. The first-order valence-electron chi connectivity index (χ1n) is 7.29. The molecule has 0 amide bonds. The highest BCUT2D eigenvalue weighted by atomic mass is 16.5. The van der Waals surface area contributed by atoms with Crippen LogP contribution in [0, 0.1) is 0 Å². The van der Waals surface area contributed by atoms with Gasteiger partial charge in [0.2, 0.25) is 0 Å². The van der Waals surface area contributed by atoms with E-state index in [9.17, 15) is 4.79 Å². The zero-order valence-corrected chi connectivity index (χ0v) is 12.0. The quantitative estimate of drug-likeness (QED) is 0.590. The summed E-state index contributed by atoms with van der Waals surface area (Å²) >= 11 is 0. The van der Waals surface area contributed by atoms with Gasteiger partial charge in [-0.15, -0.1) is 0 Å². The van der Waals surface area contributed by atoms with Crippen LogP contribution >= 0.6 is 0 Å². The Labute approximate surface area is 120 Å². The van der Waals surface area contributed by atoms with E-state index in [4.69, 9.17) is 9.47 Å². The Hall–Kier alpha value is -1.61. The van der Waals surface area contributed by atoms with Crippen molar-refractivity contribution < 1.29 is 14.3 Å². The van der Waals surface area contributed by atoms with E-state index >= 15 is 0 Å². The fourth-order valence-electron chi connectivity index (χ4n) is 2.39. The Morgan fingerprint density at radius 1 is 1.35 bits per heavy atom. The summed E-state index contributed by atoms with van der Waals surface area (Å²) in [6.45, 7) is 2.24. The number of hydrogen-bond donors (Lipinski definition) is 0. The van der Waals surface area contributed by atoms with Gasteiger partial charge >= 0.3 is 5.97 Å². The molecule has 0 aliphatic carbocycles. The van der Waals surface area contributed by atoms with Crippen LogP contribution in [0.25, 0.3) is 0 Å². The normalized spacial score (nSPS) is 21.6. The van der Waals surface area contributed by atoms with Crippen molar-refractivity contribution in [3.63, 3.8) is 0 Å². The molecule has 2 rings (SSSR count). The largest absolute Gasteiger partial charge is 0.466 e. The Morgan fingerprint density at radius 2 is 2.15 bits per heavy atom. The average molecular weight is 274 g/mol. The third-order valence-corrected chi connectivity index (χ3v) is 3.39. The number of rotatable bonds is 6. The number of hydrogen-bond acceptors (Lipinski definition) is 3. The molecular weight excluding hydrogens is 252 g/mol. The molecular formula is C17H22O3. The van der Waals surface area contributed by atoms with Crippen LogP contribution in [0.2, 0.25) is 0 Å². The summed E-state index contributed by atoms with van der Waals surface area (Å²) in [5.41, 5.74) is 1.33. The van der Waals surface area contributed by atoms with Gasteiger partial charge in [0.15, 0.2) is 0 Å². The lowest BCUT2D eigenvalue weighted by Gasteiger charge is -2.25. The van der Waals surface area contributed by atoms with Gasteiger partial charge in [0, 0.05) is 0 Å². The molecule has 1 aromatic rings. The highest BCUT2D eigenvalue weighted by Crippen LogP contribution is 2.19. The minimum absolute atomic E-state index is 0.136. The molecule has 0 aromatic heterocycles. The number of carbonyl (C=O) groups excluding carboxylic acids is 1. The lowest BCUT2D eigenvalue weighted by Crippen LogP contribution is -2.27. The fraction of sp³-hybridized carbons (Fsp3) is 0.471. The van der Waals surface area contributed by atoms with Crippen LogP contribution in [0.5, 0.6) is 0 Å². The highest BCUT2D eigenvalue weighted by molar-refractivity contribution is 5.70. The third-order valence-electron chi connectivity index (χ3n) is 3.39. The standard InChI is InChI=1S/C17H22O3/c1-2-19-17(18)13-16-10-6-9-15(20-16)12-11-14-7-4-3-5-8-14/h3-8,10,15-16H,2,9,11-13H2,1H3/t15-,16+/m0/s1. The second kappa shape index (κ2) is 7.85. The van der Waals surface area contributed by atoms with Crippen molar-refractivity contribution in [2.75, 3.05) is 6.61 Å². The third kappa shape index (κ3) is 4.82. The number of esters is 1. The predicted octanol–water partition coefficient (Wildman–Crippen LogP) is 3.29. The van der Waals surface area contributed by atoms with Crippen molar-refractivity contribution in [1.29, 1.82) is 0 Å². The molecule has 0 radical (unpaired) electrons. The van der Waals surface area contributed by atoms with Crippen molar-refractivity contribution in [2.24, 2.45) is 0 Å². The lowest BCUT2D eigenvalue weighted by molar-refractivity contribution is -0.146. The average Bonchev–Trinajstić information content (AvgIpc) is 2.47. The van der Waals surface area contributed by atoms with Gasteiger partial charge in [0.25, 0.3) is 0 Å². The zero-order valence-electron chi connectivity index (χ0n) is 12.0. The SMILES string of the molecule is CCOC(=O)C[C@H]1C=CC[C@@H](CCc2ccccc2)O1. The Kier molecular flexibility index (Phi) is 5.81. The molecule has 0 saturated carbocycles. The van der Waals surface area contributed by atoms with Gasteiger partial charge in [0.1, 0.15) is 0 Å². The molecule has 1 aliphatic rings. The molecule has 0 bridgehead atoms. The van der Waals surface area contributed by atoms with E-state index in [1.807, 2.05) is 19.1 Å². The van der Waals surface area contributed by atoms with Gasteiger partial charge in [-0.25, -0.2) is 0 Å². The second-order valence-electron chi connectivity index (χ2n) is 4.99. The van der Waals surface area contributed by atoms with E-state index in [0.717, 1.165) is 19.3 Å². The minimum atomic E-state index is -0.189. The molecule has 0 N–H and O–H groups in total. The molecule has 3 nitrogen and oxygen atoms in total. The maximum Gasteiger partial charge on any atom is 0.308 e. The number of ether oxygens (including phenoxy) is 2. The number of carbonyl (C=O) groups is 1. The van der Waals surface area contributed by atoms with E-state index in [-0.39, 0.29) is 18.2 Å². The van der Waals surface area contributed by atoms with Gasteiger partial charge in [-0.05, 0) is 31.7 Å². The molecule has 2 atom stereocenters. The summed E-state index contributed by atoms with van der Waals surface area (Å²) in [6.07, 6.45) is 7.36. The van der Waals surface area contributed by atoms with E-state index in [0.29, 0.717) is 13.0 Å². The summed E-state index contributed by atoms with van der Waals surface area (Å²) in [4.78, 5) is 11.5. The van der Waals surface area contributed by atoms with Crippen molar-refractivity contribution in [1.82, 2.24) is 0 Å². The first-order valence-corrected chi connectivity index (χ1v) is 7.29. The molecule has 0 fully saturated rings. The number of aryl methyl sites for hydroxylation is 1. The predicted molar refractivity (Wildman–Crippen MR) is 78.4 cm³/mol. The van der Waals surface area contributed by atoms with Gasteiger partial charge in [-0.2, -0.15) is 0 Å². The molecule has 0 unspecified atom stereocenters. The Morgan fingerprint density at radius 3 is 2.90 bits per heavy atom. The molecule has 3 heteroatoms. The van der Waals surface area contributed by atoms with E-state index in [2.05, 4.69) is 30.3 Å². The van der Waals surface area contributed by atoms with E-state index in [1.54, 1.807) is 0 Å². The molecule has 20 heavy (non-hydrogen) atoms. The summed E-state index contributed by atoms with van der Waals surface area (Å²) in [5.74, 6) is -0.189. The van der Waals surface area contributed by atoms with E-state index < -0.39 is 0 Å². The molecule has 1 aliphatic heterocycles. The topological polar surface area (TPSA) is 35.5 Å². The van der Waals surface area contributed by atoms with E-state index in [1.165, 1.54) is 5.56 Å². The molecule has 1 aromatic carbocycles. The first kappa shape index (κ1) is 14.8. The van der Waals surface area contributed by atoms with Gasteiger partial charge in [-0.3, -0.25) is 4.79 Å². The van der Waals surface area contributed by atoms with Crippen LogP contribution in [0.15, 0.2) is 42.5 Å². The summed E-state index contributed by atoms with van der Waals surface area (Å²) in [6, 6.07) is 10.4. The molecule has 0 saturated heterocycles. The smallest absolute Gasteiger partial charge is 0.308 e. The monoisotopic (exact) mass is 274 g/mol. The maximum absolute atomic E-state index is 11.5. The summed E-state index contributed by atoms with van der Waals surface area (Å²) < 4.78 is 10.9. The molecule has 1 heterocycles. The van der Waals surface area contributed by atoms with Gasteiger partial charge < -0.3 is 9.47 Å². The zero-order chi connectivity index (χ0) is 14.2. The Bertz CT molecular complexity index is 439. The van der Waals surface area contributed by atoms with Crippen LogP contribution < -0.4 is 0 Å². The van der Waals surface area contributed by atoms with Crippen LogP contribution in [0.1, 0.15) is 31.7 Å². The van der Waals surface area contributed by atoms with Gasteiger partial charge in [-0.1, -0.05) is 42.5 Å². The van der Waals surface area contributed by atoms with Gasteiger partial charge in [0.05, 0.1) is 25.2 Å². The molecule has 108 valence electrons. The van der Waals surface area contributed by atoms with Crippen LogP contribution in [0.3, 0.4) is 0 Å². The highest BCUT2D eigenvalue weighted by Gasteiger charge is 2.20. The van der Waals surface area contributed by atoms with Crippen molar-refractivity contribution in [3.8, 4) is 0 Å². The molecule has 0 spiro atoms. The van der Waals surface area contributed by atoms with Crippen LogP contribution in [-0.2, 0) is 20.7 Å².